The Morgan fingerprint density at radius 2 is 2.44 bits per heavy atom. The topological polar surface area (TPSA) is 73.6 Å². The fourth-order valence-electron chi connectivity index (χ4n) is 0.267. The van der Waals surface area contributed by atoms with E-state index in [0.717, 1.165) is 5.75 Å². The molecule has 0 atom stereocenters. The Hall–Kier alpha value is -0.420. The van der Waals surface area contributed by atoms with E-state index in [0.29, 0.717) is 11.8 Å². The highest BCUT2D eigenvalue weighted by Crippen LogP contribution is 1.96. The van der Waals surface area contributed by atoms with Crippen LogP contribution >= 0.6 is 11.8 Å². The normalized spacial score (nSPS) is 11.9. The minimum atomic E-state index is 0.395. The molecule has 54 valence electrons. The van der Waals surface area contributed by atoms with Crippen molar-refractivity contribution in [3.63, 3.8) is 0 Å². The highest BCUT2D eigenvalue weighted by Gasteiger charge is 1.89. The van der Waals surface area contributed by atoms with Crippen molar-refractivity contribution in [2.45, 2.75) is 0 Å². The van der Waals surface area contributed by atoms with E-state index in [9.17, 15) is 0 Å². The molecule has 0 saturated heterocycles. The molecule has 0 spiro atoms. The quantitative estimate of drug-likeness (QED) is 0.187. The zero-order valence-corrected chi connectivity index (χ0v) is 6.15. The maximum atomic E-state index is 5.25. The summed E-state index contributed by atoms with van der Waals surface area (Å²) >= 11 is 1.38. The van der Waals surface area contributed by atoms with Gasteiger partial charge >= 0.3 is 0 Å². The lowest BCUT2D eigenvalue weighted by molar-refractivity contribution is 0.219. The Balaban J connectivity index is 3.07. The Morgan fingerprint density at radius 3 is 2.89 bits per heavy atom. The summed E-state index contributed by atoms with van der Waals surface area (Å²) in [7, 11) is 1.64. The van der Waals surface area contributed by atoms with E-state index >= 15 is 0 Å². The predicted molar refractivity (Wildman–Crippen MR) is 40.1 cm³/mol. The summed E-state index contributed by atoms with van der Waals surface area (Å²) in [6.45, 7) is 0.668. The SMILES string of the molecule is COCCS/C(N)=N/N. The molecule has 0 aromatic heterocycles. The fourth-order valence-corrected chi connectivity index (χ4v) is 0.801. The predicted octanol–water partition coefficient (Wildman–Crippen LogP) is -0.446. The summed E-state index contributed by atoms with van der Waals surface area (Å²) in [6.07, 6.45) is 0. The van der Waals surface area contributed by atoms with Gasteiger partial charge in [-0.2, -0.15) is 5.10 Å². The second-order valence-electron chi connectivity index (χ2n) is 1.31. The van der Waals surface area contributed by atoms with E-state index < -0.39 is 0 Å². The van der Waals surface area contributed by atoms with E-state index in [2.05, 4.69) is 5.10 Å². The van der Waals surface area contributed by atoms with Gasteiger partial charge in [0.05, 0.1) is 6.61 Å². The van der Waals surface area contributed by atoms with Crippen LogP contribution in [0, 0.1) is 0 Å². The number of rotatable bonds is 3. The van der Waals surface area contributed by atoms with Crippen LogP contribution in [-0.4, -0.2) is 24.6 Å². The molecule has 4 nitrogen and oxygen atoms in total. The second-order valence-corrected chi connectivity index (χ2v) is 2.42. The first kappa shape index (κ1) is 8.58. The highest BCUT2D eigenvalue weighted by atomic mass is 32.2. The van der Waals surface area contributed by atoms with Gasteiger partial charge in [-0.1, -0.05) is 11.8 Å². The summed E-state index contributed by atoms with van der Waals surface area (Å²) < 4.78 is 4.76. The molecule has 0 radical (unpaired) electrons. The fraction of sp³-hybridized carbons (Fsp3) is 0.750. The number of methoxy groups -OCH3 is 1. The number of amidine groups is 1. The number of nitrogens with zero attached hydrogens (tertiary/aromatic N) is 1. The van der Waals surface area contributed by atoms with Gasteiger partial charge in [-0.05, 0) is 0 Å². The van der Waals surface area contributed by atoms with Gasteiger partial charge in [-0.3, -0.25) is 0 Å². The lowest BCUT2D eigenvalue weighted by Gasteiger charge is -1.96. The number of hydrogen-bond acceptors (Lipinski definition) is 4. The summed E-state index contributed by atoms with van der Waals surface area (Å²) in [6, 6.07) is 0. The third-order valence-electron chi connectivity index (χ3n) is 0.665. The van der Waals surface area contributed by atoms with Crippen LogP contribution in [0.1, 0.15) is 0 Å². The van der Waals surface area contributed by atoms with Crippen molar-refractivity contribution in [1.82, 2.24) is 0 Å². The Kier molecular flexibility index (Phi) is 5.45. The van der Waals surface area contributed by atoms with Gasteiger partial charge in [0.15, 0.2) is 5.17 Å². The third kappa shape index (κ3) is 5.45. The molecule has 0 aromatic carbocycles. The van der Waals surface area contributed by atoms with Gasteiger partial charge in [-0.15, -0.1) is 0 Å². The molecule has 0 heterocycles. The standard InChI is InChI=1S/C4H11N3OS/c1-8-2-3-9-4(5)7-6/h2-3,6H2,1H3,(H2,5,7). The number of hydrogen-bond donors (Lipinski definition) is 2. The summed E-state index contributed by atoms with van der Waals surface area (Å²) in [5, 5.41) is 3.66. The van der Waals surface area contributed by atoms with Crippen LogP contribution in [0.3, 0.4) is 0 Å². The molecule has 0 rings (SSSR count). The zero-order valence-electron chi connectivity index (χ0n) is 5.33. The van der Waals surface area contributed by atoms with Gasteiger partial charge in [0.2, 0.25) is 0 Å². The molecular weight excluding hydrogens is 138 g/mol. The molecule has 0 amide bonds. The van der Waals surface area contributed by atoms with E-state index in [4.69, 9.17) is 16.3 Å². The van der Waals surface area contributed by atoms with E-state index in [1.54, 1.807) is 7.11 Å². The second kappa shape index (κ2) is 5.71. The van der Waals surface area contributed by atoms with E-state index in [1.165, 1.54) is 11.8 Å². The van der Waals surface area contributed by atoms with Gasteiger partial charge in [0.25, 0.3) is 0 Å². The Morgan fingerprint density at radius 1 is 1.78 bits per heavy atom. The molecule has 0 saturated carbocycles. The van der Waals surface area contributed by atoms with Crippen molar-refractivity contribution in [1.29, 1.82) is 0 Å². The number of hydrazone groups is 1. The van der Waals surface area contributed by atoms with Crippen LogP contribution in [0.5, 0.6) is 0 Å². The lowest BCUT2D eigenvalue weighted by Crippen LogP contribution is -2.11. The molecule has 0 unspecified atom stereocenters. The van der Waals surface area contributed by atoms with Crippen molar-refractivity contribution in [3.05, 3.63) is 0 Å². The Labute approximate surface area is 58.6 Å². The number of ether oxygens (including phenoxy) is 1. The van der Waals surface area contributed by atoms with Crippen LogP contribution in [0.4, 0.5) is 0 Å². The molecule has 0 bridgehead atoms. The first-order valence-electron chi connectivity index (χ1n) is 2.46. The lowest BCUT2D eigenvalue weighted by atomic mass is 10.9. The first-order chi connectivity index (χ1) is 4.31. The average molecular weight is 149 g/mol. The number of thioether (sulfide) groups is 1. The van der Waals surface area contributed by atoms with Crippen LogP contribution in [0.15, 0.2) is 5.10 Å². The van der Waals surface area contributed by atoms with Crippen molar-refractivity contribution >= 4 is 16.9 Å². The van der Waals surface area contributed by atoms with Crippen molar-refractivity contribution in [2.75, 3.05) is 19.5 Å². The maximum absolute atomic E-state index is 5.25. The van der Waals surface area contributed by atoms with E-state index in [-0.39, 0.29) is 0 Å². The van der Waals surface area contributed by atoms with Crippen LogP contribution in [-0.2, 0) is 4.74 Å². The molecule has 0 aliphatic heterocycles. The van der Waals surface area contributed by atoms with Crippen LogP contribution < -0.4 is 11.6 Å². The molecular formula is C4H11N3OS. The molecule has 0 aliphatic rings. The zero-order chi connectivity index (χ0) is 7.11. The van der Waals surface area contributed by atoms with Crippen molar-refractivity contribution in [3.8, 4) is 0 Å². The molecule has 4 N–H and O–H groups in total. The molecule has 0 aliphatic carbocycles. The number of nitrogens with two attached hydrogens (primary N) is 2. The molecule has 9 heavy (non-hydrogen) atoms. The monoisotopic (exact) mass is 149 g/mol. The maximum Gasteiger partial charge on any atom is 0.177 e. The van der Waals surface area contributed by atoms with Crippen LogP contribution in [0.2, 0.25) is 0 Å². The summed E-state index contributed by atoms with van der Waals surface area (Å²) in [5.74, 6) is 5.65. The minimum Gasteiger partial charge on any atom is -0.384 e. The van der Waals surface area contributed by atoms with Gasteiger partial charge in [-0.25, -0.2) is 0 Å². The van der Waals surface area contributed by atoms with Gasteiger partial charge in [0.1, 0.15) is 0 Å². The van der Waals surface area contributed by atoms with E-state index in [1.807, 2.05) is 0 Å². The highest BCUT2D eigenvalue weighted by molar-refractivity contribution is 8.13. The molecule has 0 fully saturated rings. The van der Waals surface area contributed by atoms with Gasteiger partial charge in [0, 0.05) is 12.9 Å². The summed E-state index contributed by atoms with van der Waals surface area (Å²) in [4.78, 5) is 0. The third-order valence-corrected chi connectivity index (χ3v) is 1.44. The van der Waals surface area contributed by atoms with Crippen LogP contribution in [0.25, 0.3) is 0 Å². The largest absolute Gasteiger partial charge is 0.384 e. The first-order valence-corrected chi connectivity index (χ1v) is 3.45. The smallest absolute Gasteiger partial charge is 0.177 e. The van der Waals surface area contributed by atoms with Crippen molar-refractivity contribution < 1.29 is 4.74 Å². The van der Waals surface area contributed by atoms with Gasteiger partial charge < -0.3 is 16.3 Å². The van der Waals surface area contributed by atoms with Crippen molar-refractivity contribution in [2.24, 2.45) is 16.7 Å². The average Bonchev–Trinajstić information content (AvgIpc) is 1.89. The molecule has 5 heteroatoms. The Bertz CT molecular complexity index is 95.8. The molecule has 0 aromatic rings. The minimum absolute atomic E-state index is 0.395. The summed E-state index contributed by atoms with van der Waals surface area (Å²) in [5.41, 5.74) is 5.25.